The summed E-state index contributed by atoms with van der Waals surface area (Å²) in [5, 5.41) is 16.4. The van der Waals surface area contributed by atoms with E-state index in [9.17, 15) is 14.9 Å². The van der Waals surface area contributed by atoms with E-state index in [0.717, 1.165) is 5.01 Å². The molecule has 0 spiro atoms. The summed E-state index contributed by atoms with van der Waals surface area (Å²) in [7, 11) is 0. The van der Waals surface area contributed by atoms with E-state index in [0.29, 0.717) is 11.1 Å². The normalized spacial score (nSPS) is 16.4. The van der Waals surface area contributed by atoms with Gasteiger partial charge in [-0.2, -0.15) is 5.01 Å². The Balaban J connectivity index is 1.94. The molecule has 128 valence electrons. The Bertz CT molecular complexity index is 865. The molecule has 1 aliphatic heterocycles. The minimum absolute atomic E-state index is 0.0649. The van der Waals surface area contributed by atoms with Gasteiger partial charge in [-0.15, -0.1) is 5.10 Å². The van der Waals surface area contributed by atoms with Gasteiger partial charge in [0.2, 0.25) is 18.0 Å². The van der Waals surface area contributed by atoms with Crippen LogP contribution in [0.1, 0.15) is 24.3 Å². The number of hydrogen-bond acceptors (Lipinski definition) is 6. The standard InChI is InChI=1S/C15H10Cl2N4O4/c1-8(22)20-15(9-2-4-11(5-3-9)21(23)24)25-14(19-20)10-6-12(16)18-13(17)7-10/h2-7,15H,1H3. The molecular weight excluding hydrogens is 371 g/mol. The van der Waals surface area contributed by atoms with Crippen LogP contribution in [-0.2, 0) is 9.53 Å². The second-order valence-corrected chi connectivity index (χ2v) is 5.86. The summed E-state index contributed by atoms with van der Waals surface area (Å²) in [6.07, 6.45) is -0.848. The van der Waals surface area contributed by atoms with Crippen LogP contribution in [0, 0.1) is 10.1 Å². The maximum atomic E-state index is 11.9. The van der Waals surface area contributed by atoms with Crippen molar-refractivity contribution in [2.45, 2.75) is 13.2 Å². The summed E-state index contributed by atoms with van der Waals surface area (Å²) < 4.78 is 5.76. The summed E-state index contributed by atoms with van der Waals surface area (Å²) >= 11 is 11.8. The third-order valence-electron chi connectivity index (χ3n) is 3.37. The second-order valence-electron chi connectivity index (χ2n) is 5.09. The number of benzene rings is 1. The summed E-state index contributed by atoms with van der Waals surface area (Å²) in [6.45, 7) is 1.33. The second kappa shape index (κ2) is 6.66. The highest BCUT2D eigenvalue weighted by atomic mass is 35.5. The lowest BCUT2D eigenvalue weighted by molar-refractivity contribution is -0.384. The van der Waals surface area contributed by atoms with Crippen molar-refractivity contribution < 1.29 is 14.5 Å². The first-order valence-electron chi connectivity index (χ1n) is 6.98. The van der Waals surface area contributed by atoms with Gasteiger partial charge in [0.1, 0.15) is 10.3 Å². The summed E-state index contributed by atoms with van der Waals surface area (Å²) in [5.74, 6) is -0.214. The fourth-order valence-corrected chi connectivity index (χ4v) is 2.71. The van der Waals surface area contributed by atoms with Crippen LogP contribution in [0.15, 0.2) is 41.5 Å². The third-order valence-corrected chi connectivity index (χ3v) is 3.75. The van der Waals surface area contributed by atoms with Gasteiger partial charge in [0.05, 0.1) is 4.92 Å². The van der Waals surface area contributed by atoms with Crippen LogP contribution >= 0.6 is 23.2 Å². The van der Waals surface area contributed by atoms with Gasteiger partial charge in [-0.25, -0.2) is 4.98 Å². The van der Waals surface area contributed by atoms with E-state index in [1.165, 1.54) is 43.3 Å². The molecule has 2 aromatic rings. The van der Waals surface area contributed by atoms with Crippen molar-refractivity contribution in [2.75, 3.05) is 0 Å². The average Bonchev–Trinajstić information content (AvgIpc) is 2.99. The number of carbonyl (C=O) groups is 1. The minimum Gasteiger partial charge on any atom is -0.446 e. The molecule has 0 N–H and O–H groups in total. The molecule has 1 aromatic heterocycles. The fraction of sp³-hybridized carbons (Fsp3) is 0.133. The summed E-state index contributed by atoms with van der Waals surface area (Å²) in [4.78, 5) is 26.0. The van der Waals surface area contributed by atoms with E-state index in [2.05, 4.69) is 10.1 Å². The Labute approximate surface area is 151 Å². The number of nitro groups is 1. The van der Waals surface area contributed by atoms with Crippen molar-refractivity contribution in [1.82, 2.24) is 9.99 Å². The van der Waals surface area contributed by atoms with Crippen molar-refractivity contribution >= 4 is 40.7 Å². The van der Waals surface area contributed by atoms with E-state index >= 15 is 0 Å². The molecule has 1 amide bonds. The number of nitro benzene ring substituents is 1. The molecule has 25 heavy (non-hydrogen) atoms. The molecule has 1 aromatic carbocycles. The van der Waals surface area contributed by atoms with Gasteiger partial charge in [-0.1, -0.05) is 23.2 Å². The zero-order chi connectivity index (χ0) is 18.1. The smallest absolute Gasteiger partial charge is 0.269 e. The molecule has 0 saturated carbocycles. The molecule has 10 heteroatoms. The zero-order valence-electron chi connectivity index (χ0n) is 12.7. The van der Waals surface area contributed by atoms with Gasteiger partial charge < -0.3 is 4.74 Å². The molecule has 0 radical (unpaired) electrons. The SMILES string of the molecule is CC(=O)N1N=C(c2cc(Cl)nc(Cl)c2)OC1c1ccc([N+](=O)[O-])cc1. The number of rotatable bonds is 3. The Morgan fingerprint density at radius 2 is 1.84 bits per heavy atom. The Hall–Kier alpha value is -2.71. The molecule has 2 heterocycles. The fourth-order valence-electron chi connectivity index (χ4n) is 2.25. The molecule has 0 fully saturated rings. The highest BCUT2D eigenvalue weighted by molar-refractivity contribution is 6.33. The van der Waals surface area contributed by atoms with Crippen molar-refractivity contribution in [1.29, 1.82) is 0 Å². The quantitative estimate of drug-likeness (QED) is 0.460. The van der Waals surface area contributed by atoms with Crippen LogP contribution in [0.4, 0.5) is 5.69 Å². The van der Waals surface area contributed by atoms with Crippen molar-refractivity contribution in [3.8, 4) is 0 Å². The number of carbonyl (C=O) groups excluding carboxylic acids is 1. The number of aromatic nitrogens is 1. The largest absolute Gasteiger partial charge is 0.446 e. The molecule has 1 atom stereocenters. The maximum Gasteiger partial charge on any atom is 0.269 e. The molecule has 3 rings (SSSR count). The molecule has 1 aliphatic rings. The first-order valence-corrected chi connectivity index (χ1v) is 7.73. The lowest BCUT2D eigenvalue weighted by Crippen LogP contribution is -2.25. The predicted octanol–water partition coefficient (Wildman–Crippen LogP) is 3.54. The van der Waals surface area contributed by atoms with E-state index < -0.39 is 11.2 Å². The topological polar surface area (TPSA) is 97.9 Å². The van der Waals surface area contributed by atoms with Gasteiger partial charge in [0.25, 0.3) is 5.69 Å². The third kappa shape index (κ3) is 3.54. The van der Waals surface area contributed by atoms with Crippen LogP contribution in [0.25, 0.3) is 0 Å². The predicted molar refractivity (Wildman–Crippen MR) is 90.2 cm³/mol. The van der Waals surface area contributed by atoms with Gasteiger partial charge in [-0.05, 0) is 24.3 Å². The molecule has 8 nitrogen and oxygen atoms in total. The van der Waals surface area contributed by atoms with Gasteiger partial charge in [0.15, 0.2) is 0 Å². The lowest BCUT2D eigenvalue weighted by Gasteiger charge is -2.19. The summed E-state index contributed by atoms with van der Waals surface area (Å²) in [5.41, 5.74) is 0.927. The highest BCUT2D eigenvalue weighted by Gasteiger charge is 2.33. The van der Waals surface area contributed by atoms with Crippen molar-refractivity contribution in [3.63, 3.8) is 0 Å². The number of halogens is 2. The van der Waals surface area contributed by atoms with Gasteiger partial charge >= 0.3 is 0 Å². The highest BCUT2D eigenvalue weighted by Crippen LogP contribution is 2.32. The Morgan fingerprint density at radius 1 is 1.24 bits per heavy atom. The zero-order valence-corrected chi connectivity index (χ0v) is 14.2. The van der Waals surface area contributed by atoms with Crippen LogP contribution in [0.3, 0.4) is 0 Å². The van der Waals surface area contributed by atoms with E-state index in [4.69, 9.17) is 27.9 Å². The van der Waals surface area contributed by atoms with Gasteiger partial charge in [-0.3, -0.25) is 14.9 Å². The number of hydrogen-bond donors (Lipinski definition) is 0. The first-order chi connectivity index (χ1) is 11.8. The summed E-state index contributed by atoms with van der Waals surface area (Å²) in [6, 6.07) is 8.67. The van der Waals surface area contributed by atoms with Crippen LogP contribution in [0.5, 0.6) is 0 Å². The molecule has 0 bridgehead atoms. The Kier molecular flexibility index (Phi) is 4.56. The van der Waals surface area contributed by atoms with E-state index in [1.54, 1.807) is 0 Å². The number of nitrogens with zero attached hydrogens (tertiary/aromatic N) is 4. The number of amides is 1. The number of pyridine rings is 1. The molecule has 0 aliphatic carbocycles. The lowest BCUT2D eigenvalue weighted by atomic mass is 10.1. The number of non-ortho nitro benzene ring substituents is 1. The minimum atomic E-state index is -0.848. The van der Waals surface area contributed by atoms with Crippen LogP contribution < -0.4 is 0 Å². The Morgan fingerprint density at radius 3 is 2.36 bits per heavy atom. The number of ether oxygens (including phenoxy) is 1. The molecule has 1 unspecified atom stereocenters. The van der Waals surface area contributed by atoms with Crippen LogP contribution in [-0.4, -0.2) is 26.7 Å². The maximum absolute atomic E-state index is 11.9. The molecular formula is C15H10Cl2N4O4. The number of hydrazone groups is 1. The van der Waals surface area contributed by atoms with Crippen LogP contribution in [0.2, 0.25) is 10.3 Å². The molecule has 0 saturated heterocycles. The monoisotopic (exact) mass is 380 g/mol. The van der Waals surface area contributed by atoms with Crippen molar-refractivity contribution in [3.05, 3.63) is 67.9 Å². The van der Waals surface area contributed by atoms with E-state index in [1.807, 2.05) is 0 Å². The van der Waals surface area contributed by atoms with Gasteiger partial charge in [0, 0.05) is 30.2 Å². The van der Waals surface area contributed by atoms with E-state index in [-0.39, 0.29) is 27.8 Å². The van der Waals surface area contributed by atoms with Crippen molar-refractivity contribution in [2.24, 2.45) is 5.10 Å². The first kappa shape index (κ1) is 17.1. The average molecular weight is 381 g/mol.